The van der Waals surface area contributed by atoms with Crippen LogP contribution in [0.15, 0.2) is 24.3 Å². The van der Waals surface area contributed by atoms with Crippen molar-refractivity contribution in [2.45, 2.75) is 59.5 Å². The van der Waals surface area contributed by atoms with Crippen LogP contribution in [0.1, 0.15) is 40.4 Å². The van der Waals surface area contributed by atoms with Crippen molar-refractivity contribution in [2.75, 3.05) is 12.3 Å². The third-order valence-electron chi connectivity index (χ3n) is 5.23. The number of esters is 1. The van der Waals surface area contributed by atoms with Gasteiger partial charge in [-0.2, -0.15) is 0 Å². The number of aliphatic hydroxyl groups is 1. The number of ketones is 1. The number of aliphatic hydroxyl groups excluding tert-OH is 1. The van der Waals surface area contributed by atoms with Gasteiger partial charge in [0, 0.05) is 12.0 Å². The van der Waals surface area contributed by atoms with Gasteiger partial charge in [0.15, 0.2) is 11.6 Å². The molecule has 0 bridgehead atoms. The van der Waals surface area contributed by atoms with Gasteiger partial charge >= 0.3 is 5.97 Å². The predicted octanol–water partition coefficient (Wildman–Crippen LogP) is 2.61. The summed E-state index contributed by atoms with van der Waals surface area (Å²) in [5, 5.41) is 10.4. The van der Waals surface area contributed by atoms with Gasteiger partial charge in [0.2, 0.25) is 0 Å². The highest BCUT2D eigenvalue weighted by molar-refractivity contribution is 6.06. The van der Waals surface area contributed by atoms with Crippen molar-refractivity contribution in [3.63, 3.8) is 0 Å². The molecule has 2 aromatic heterocycles. The number of pyridine rings is 1. The maximum absolute atomic E-state index is 12.6. The number of imidazole rings is 1. The maximum Gasteiger partial charge on any atom is 0.316 e. The van der Waals surface area contributed by atoms with E-state index in [4.69, 9.17) is 15.2 Å². The number of aromatic nitrogens is 3. The quantitative estimate of drug-likeness (QED) is 0.382. The van der Waals surface area contributed by atoms with E-state index in [1.165, 1.54) is 13.8 Å². The number of Topliss-reactive ketones (excluding diaryl/α,β-unsaturated/α-hetero) is 1. The third kappa shape index (κ3) is 4.73. The van der Waals surface area contributed by atoms with Crippen LogP contribution < -0.4 is 5.73 Å². The zero-order chi connectivity index (χ0) is 23.6. The molecule has 3 aromatic rings. The molecule has 1 aromatic carbocycles. The highest BCUT2D eigenvalue weighted by Crippen LogP contribution is 2.31. The van der Waals surface area contributed by atoms with Gasteiger partial charge in [-0.25, -0.2) is 9.97 Å². The lowest BCUT2D eigenvalue weighted by molar-refractivity contribution is -0.165. The number of carbonyl (C=O) groups excluding carboxylic acids is 2. The molecule has 9 nitrogen and oxygen atoms in total. The zero-order valence-corrected chi connectivity index (χ0v) is 19.1. The minimum absolute atomic E-state index is 0.250. The van der Waals surface area contributed by atoms with Crippen molar-refractivity contribution < 1.29 is 24.2 Å². The van der Waals surface area contributed by atoms with E-state index in [1.54, 1.807) is 13.8 Å². The summed E-state index contributed by atoms with van der Waals surface area (Å²) in [6.07, 6.45) is -1.24. The Labute approximate surface area is 186 Å². The largest absolute Gasteiger partial charge is 0.457 e. The Morgan fingerprint density at radius 1 is 1.22 bits per heavy atom. The zero-order valence-electron chi connectivity index (χ0n) is 19.1. The Morgan fingerprint density at radius 3 is 2.56 bits per heavy atom. The minimum atomic E-state index is -1.24. The molecule has 0 spiro atoms. The first-order chi connectivity index (χ1) is 15.1. The van der Waals surface area contributed by atoms with E-state index in [2.05, 4.69) is 9.97 Å². The average Bonchev–Trinajstić information content (AvgIpc) is 3.09. The second-order valence-corrected chi connectivity index (χ2v) is 8.44. The van der Waals surface area contributed by atoms with E-state index < -0.39 is 29.4 Å². The maximum atomic E-state index is 12.6. The van der Waals surface area contributed by atoms with Gasteiger partial charge < -0.3 is 24.9 Å². The Bertz CT molecular complexity index is 1150. The molecule has 0 saturated heterocycles. The van der Waals surface area contributed by atoms with Gasteiger partial charge in [-0.05, 0) is 40.7 Å². The van der Waals surface area contributed by atoms with E-state index in [0.29, 0.717) is 23.8 Å². The lowest BCUT2D eigenvalue weighted by Crippen LogP contribution is -2.39. The van der Waals surface area contributed by atoms with E-state index in [0.717, 1.165) is 16.4 Å². The van der Waals surface area contributed by atoms with Crippen molar-refractivity contribution >= 4 is 39.5 Å². The lowest BCUT2D eigenvalue weighted by atomic mass is 10.0. The highest BCUT2D eigenvalue weighted by atomic mass is 16.6. The van der Waals surface area contributed by atoms with Crippen LogP contribution in [0.25, 0.3) is 21.9 Å². The van der Waals surface area contributed by atoms with Gasteiger partial charge in [0.25, 0.3) is 0 Å². The topological polar surface area (TPSA) is 130 Å². The fourth-order valence-electron chi connectivity index (χ4n) is 3.63. The third-order valence-corrected chi connectivity index (χ3v) is 5.23. The molecule has 0 amide bonds. The molecule has 172 valence electrons. The van der Waals surface area contributed by atoms with Gasteiger partial charge in [0.05, 0.1) is 17.6 Å². The summed E-state index contributed by atoms with van der Waals surface area (Å²) in [6.45, 7) is 9.18. The summed E-state index contributed by atoms with van der Waals surface area (Å²) >= 11 is 0. The smallest absolute Gasteiger partial charge is 0.316 e. The molecule has 32 heavy (non-hydrogen) atoms. The first-order valence-corrected chi connectivity index (χ1v) is 10.6. The molecule has 0 fully saturated rings. The molecule has 0 radical (unpaired) electrons. The van der Waals surface area contributed by atoms with Crippen LogP contribution >= 0.6 is 0 Å². The standard InChI is InChI=1S/C23H30N4O5/c1-6-31-11-17-26-18-19(15-9-7-8-10-16(15)25-21(18)24)27(17)12-23(4,5)32-22(30)13(2)20(29)14(3)28/h7-10,13-14,28H,6,11-12H2,1-5H3,(H2,24,25). The van der Waals surface area contributed by atoms with Gasteiger partial charge in [-0.1, -0.05) is 18.2 Å². The van der Waals surface area contributed by atoms with Crippen molar-refractivity contribution in [3.05, 3.63) is 30.1 Å². The first-order valence-electron chi connectivity index (χ1n) is 10.6. The normalized spacial score (nSPS) is 13.9. The van der Waals surface area contributed by atoms with Crippen molar-refractivity contribution in [3.8, 4) is 0 Å². The van der Waals surface area contributed by atoms with E-state index in [-0.39, 0.29) is 13.2 Å². The number of para-hydroxylation sites is 1. The molecule has 0 aliphatic rings. The van der Waals surface area contributed by atoms with Crippen LogP contribution in [0.5, 0.6) is 0 Å². The number of ether oxygens (including phenoxy) is 2. The molecule has 2 atom stereocenters. The van der Waals surface area contributed by atoms with E-state index in [1.807, 2.05) is 35.8 Å². The van der Waals surface area contributed by atoms with Gasteiger partial charge in [-0.3, -0.25) is 9.59 Å². The fraction of sp³-hybridized carbons (Fsp3) is 0.478. The molecule has 2 heterocycles. The number of hydrogen-bond donors (Lipinski definition) is 2. The predicted molar refractivity (Wildman–Crippen MR) is 121 cm³/mol. The van der Waals surface area contributed by atoms with Crippen LogP contribution in [-0.4, -0.2) is 49.7 Å². The Hall–Kier alpha value is -3.04. The summed E-state index contributed by atoms with van der Waals surface area (Å²) in [5.74, 6) is -1.41. The number of hydrogen-bond acceptors (Lipinski definition) is 8. The number of fused-ring (bicyclic) bond motifs is 3. The molecule has 0 aliphatic heterocycles. The number of anilines is 1. The molecular weight excluding hydrogens is 412 g/mol. The molecular formula is C23H30N4O5. The second-order valence-electron chi connectivity index (χ2n) is 8.44. The summed E-state index contributed by atoms with van der Waals surface area (Å²) in [7, 11) is 0. The first kappa shape index (κ1) is 23.6. The molecule has 0 aliphatic carbocycles. The molecule has 3 rings (SSSR count). The second kappa shape index (κ2) is 9.22. The van der Waals surface area contributed by atoms with Crippen LogP contribution in [-0.2, 0) is 32.2 Å². The Morgan fingerprint density at radius 2 is 1.91 bits per heavy atom. The monoisotopic (exact) mass is 442 g/mol. The number of nitrogens with zero attached hydrogens (tertiary/aromatic N) is 3. The van der Waals surface area contributed by atoms with Crippen LogP contribution in [0.3, 0.4) is 0 Å². The molecule has 0 saturated carbocycles. The number of nitrogens with two attached hydrogens (primary N) is 1. The Balaban J connectivity index is 2.04. The van der Waals surface area contributed by atoms with Gasteiger partial charge in [0.1, 0.15) is 35.6 Å². The summed E-state index contributed by atoms with van der Waals surface area (Å²) < 4.78 is 13.2. The van der Waals surface area contributed by atoms with Crippen molar-refractivity contribution in [1.29, 1.82) is 0 Å². The minimum Gasteiger partial charge on any atom is -0.457 e. The van der Waals surface area contributed by atoms with Crippen LogP contribution in [0.2, 0.25) is 0 Å². The average molecular weight is 443 g/mol. The Kier molecular flexibility index (Phi) is 6.80. The van der Waals surface area contributed by atoms with Gasteiger partial charge in [-0.15, -0.1) is 0 Å². The molecule has 3 N–H and O–H groups in total. The van der Waals surface area contributed by atoms with Crippen molar-refractivity contribution in [1.82, 2.24) is 14.5 Å². The molecule has 9 heteroatoms. The summed E-state index contributed by atoms with van der Waals surface area (Å²) in [6, 6.07) is 7.61. The number of rotatable bonds is 9. The fourth-order valence-corrected chi connectivity index (χ4v) is 3.63. The molecule has 2 unspecified atom stereocenters. The lowest BCUT2D eigenvalue weighted by Gasteiger charge is -2.28. The van der Waals surface area contributed by atoms with Crippen molar-refractivity contribution in [2.24, 2.45) is 5.92 Å². The summed E-state index contributed by atoms with van der Waals surface area (Å²) in [4.78, 5) is 33.7. The number of nitrogen functional groups attached to an aromatic ring is 1. The van der Waals surface area contributed by atoms with E-state index >= 15 is 0 Å². The van der Waals surface area contributed by atoms with E-state index in [9.17, 15) is 14.7 Å². The highest BCUT2D eigenvalue weighted by Gasteiger charge is 2.33. The van der Waals surface area contributed by atoms with Crippen LogP contribution in [0.4, 0.5) is 5.82 Å². The number of benzene rings is 1. The summed E-state index contributed by atoms with van der Waals surface area (Å²) in [5.41, 5.74) is 7.28. The SMILES string of the molecule is CCOCc1nc2c(N)nc3ccccc3c2n1CC(C)(C)OC(=O)C(C)C(=O)C(C)O. The number of carbonyl (C=O) groups is 2. The van der Waals surface area contributed by atoms with Crippen LogP contribution in [0, 0.1) is 5.92 Å².